The highest BCUT2D eigenvalue weighted by Gasteiger charge is 2.41. The van der Waals surface area contributed by atoms with Crippen molar-refractivity contribution >= 4 is 5.96 Å². The van der Waals surface area contributed by atoms with Gasteiger partial charge in [-0.2, -0.15) is 0 Å². The van der Waals surface area contributed by atoms with Gasteiger partial charge in [0, 0.05) is 12.6 Å². The van der Waals surface area contributed by atoms with E-state index in [4.69, 9.17) is 5.73 Å². The van der Waals surface area contributed by atoms with Crippen LogP contribution in [0.5, 0.6) is 0 Å². The molecule has 0 saturated heterocycles. The number of nitrogens with zero attached hydrogens (tertiary/aromatic N) is 1. The van der Waals surface area contributed by atoms with Crippen molar-refractivity contribution in [3.8, 4) is 0 Å². The molecular formula is C15H33N3. The molecule has 0 heterocycles. The van der Waals surface area contributed by atoms with Crippen LogP contribution in [0.15, 0.2) is 4.99 Å². The van der Waals surface area contributed by atoms with Crippen molar-refractivity contribution < 1.29 is 0 Å². The molecule has 0 saturated carbocycles. The third-order valence-electron chi connectivity index (χ3n) is 4.79. The lowest BCUT2D eigenvalue weighted by atomic mass is 9.59. The minimum atomic E-state index is -0.0430. The van der Waals surface area contributed by atoms with Gasteiger partial charge in [0.1, 0.15) is 0 Å². The maximum absolute atomic E-state index is 5.79. The Morgan fingerprint density at radius 2 is 1.50 bits per heavy atom. The summed E-state index contributed by atoms with van der Waals surface area (Å²) in [5, 5.41) is 3.31. The molecular weight excluding hydrogens is 222 g/mol. The Balaban J connectivity index is 4.95. The fourth-order valence-corrected chi connectivity index (χ4v) is 2.97. The highest BCUT2D eigenvalue weighted by Crippen LogP contribution is 2.48. The van der Waals surface area contributed by atoms with Crippen molar-refractivity contribution in [1.82, 2.24) is 5.32 Å². The Hall–Kier alpha value is -0.730. The van der Waals surface area contributed by atoms with Crippen LogP contribution in [0.1, 0.15) is 67.7 Å². The van der Waals surface area contributed by atoms with Crippen LogP contribution in [-0.2, 0) is 0 Å². The number of hydrogen-bond donors (Lipinski definition) is 2. The molecule has 0 aliphatic heterocycles. The highest BCUT2D eigenvalue weighted by molar-refractivity contribution is 5.78. The van der Waals surface area contributed by atoms with Crippen molar-refractivity contribution in [2.24, 2.45) is 21.6 Å². The summed E-state index contributed by atoms with van der Waals surface area (Å²) in [6, 6.07) is 0. The highest BCUT2D eigenvalue weighted by atomic mass is 15.1. The van der Waals surface area contributed by atoms with Crippen molar-refractivity contribution in [2.45, 2.75) is 73.3 Å². The number of aliphatic imine (C=N–C) groups is 1. The molecule has 0 aromatic heterocycles. The molecule has 0 bridgehead atoms. The number of nitrogens with two attached hydrogens (primary N) is 1. The summed E-state index contributed by atoms with van der Waals surface area (Å²) in [5.41, 5.74) is 6.35. The van der Waals surface area contributed by atoms with E-state index in [2.05, 4.69) is 58.8 Å². The largest absolute Gasteiger partial charge is 0.370 e. The summed E-state index contributed by atoms with van der Waals surface area (Å²) >= 11 is 0. The van der Waals surface area contributed by atoms with Crippen molar-refractivity contribution in [3.05, 3.63) is 0 Å². The van der Waals surface area contributed by atoms with Crippen molar-refractivity contribution in [1.29, 1.82) is 0 Å². The molecule has 0 fully saturated rings. The van der Waals surface area contributed by atoms with E-state index in [1.165, 1.54) is 12.8 Å². The normalized spacial score (nSPS) is 14.8. The van der Waals surface area contributed by atoms with Crippen LogP contribution in [0.25, 0.3) is 0 Å². The third kappa shape index (κ3) is 4.18. The Bertz CT molecular complexity index is 286. The molecule has 3 heteroatoms. The standard InChI is InChI=1S/C15H33N3/c1-9-15(7,10-2)13(3,4)11-14(5,6)18-12(16)17-8/h9-11H2,1-8H3,(H3,16,17,18). The van der Waals surface area contributed by atoms with Crippen LogP contribution >= 0.6 is 0 Å². The zero-order valence-electron chi connectivity index (χ0n) is 13.6. The fraction of sp³-hybridized carbons (Fsp3) is 0.933. The third-order valence-corrected chi connectivity index (χ3v) is 4.79. The second-order valence-corrected chi connectivity index (χ2v) is 6.95. The minimum Gasteiger partial charge on any atom is -0.370 e. The van der Waals surface area contributed by atoms with Crippen LogP contribution in [0, 0.1) is 10.8 Å². The second-order valence-electron chi connectivity index (χ2n) is 6.95. The lowest BCUT2D eigenvalue weighted by Crippen LogP contribution is -2.51. The van der Waals surface area contributed by atoms with E-state index in [0.717, 1.165) is 6.42 Å². The number of guanidine groups is 1. The Labute approximate surface area is 114 Å². The average molecular weight is 255 g/mol. The molecule has 0 radical (unpaired) electrons. The summed E-state index contributed by atoms with van der Waals surface area (Å²) in [7, 11) is 1.71. The minimum absolute atomic E-state index is 0.0430. The smallest absolute Gasteiger partial charge is 0.188 e. The van der Waals surface area contributed by atoms with Crippen molar-refractivity contribution in [3.63, 3.8) is 0 Å². The number of rotatable bonds is 6. The van der Waals surface area contributed by atoms with Crippen molar-refractivity contribution in [2.75, 3.05) is 7.05 Å². The molecule has 0 aliphatic rings. The van der Waals surface area contributed by atoms with Crippen LogP contribution in [0.4, 0.5) is 0 Å². The summed E-state index contributed by atoms with van der Waals surface area (Å²) < 4.78 is 0. The molecule has 3 N–H and O–H groups in total. The summed E-state index contributed by atoms with van der Waals surface area (Å²) in [6.07, 6.45) is 3.46. The molecule has 108 valence electrons. The second kappa shape index (κ2) is 5.94. The maximum Gasteiger partial charge on any atom is 0.188 e. The first-order chi connectivity index (χ1) is 8.03. The SMILES string of the molecule is CCC(C)(CC)C(C)(C)CC(C)(C)NC(N)=NC. The van der Waals surface area contributed by atoms with Gasteiger partial charge in [0.2, 0.25) is 0 Å². The van der Waals surface area contributed by atoms with Gasteiger partial charge in [0.05, 0.1) is 0 Å². The fourth-order valence-electron chi connectivity index (χ4n) is 2.97. The first-order valence-corrected chi connectivity index (χ1v) is 7.04. The van der Waals surface area contributed by atoms with Gasteiger partial charge in [-0.3, -0.25) is 4.99 Å². The van der Waals surface area contributed by atoms with E-state index in [9.17, 15) is 0 Å². The van der Waals surface area contributed by atoms with Gasteiger partial charge in [-0.05, 0) is 31.1 Å². The van der Waals surface area contributed by atoms with Gasteiger partial charge in [0.15, 0.2) is 5.96 Å². The molecule has 0 unspecified atom stereocenters. The first kappa shape index (κ1) is 17.3. The zero-order chi connectivity index (χ0) is 14.6. The predicted molar refractivity (Wildman–Crippen MR) is 81.8 cm³/mol. The van der Waals surface area contributed by atoms with Gasteiger partial charge in [-0.25, -0.2) is 0 Å². The Kier molecular flexibility index (Phi) is 5.70. The number of hydrogen-bond acceptors (Lipinski definition) is 1. The van der Waals surface area contributed by atoms with Gasteiger partial charge >= 0.3 is 0 Å². The lowest BCUT2D eigenvalue weighted by molar-refractivity contribution is 0.0457. The Morgan fingerprint density at radius 1 is 1.06 bits per heavy atom. The van der Waals surface area contributed by atoms with Crippen LogP contribution < -0.4 is 11.1 Å². The monoisotopic (exact) mass is 255 g/mol. The van der Waals surface area contributed by atoms with E-state index in [1.807, 2.05) is 0 Å². The average Bonchev–Trinajstić information content (AvgIpc) is 2.25. The summed E-state index contributed by atoms with van der Waals surface area (Å²) in [6.45, 7) is 16.1. The number of nitrogens with one attached hydrogen (secondary N) is 1. The molecule has 18 heavy (non-hydrogen) atoms. The van der Waals surface area contributed by atoms with Gasteiger partial charge in [-0.1, -0.05) is 47.5 Å². The van der Waals surface area contributed by atoms with E-state index in [-0.39, 0.29) is 11.0 Å². The van der Waals surface area contributed by atoms with Crippen LogP contribution in [0.2, 0.25) is 0 Å². The van der Waals surface area contributed by atoms with Gasteiger partial charge < -0.3 is 11.1 Å². The summed E-state index contributed by atoms with van der Waals surface area (Å²) in [4.78, 5) is 3.99. The quantitative estimate of drug-likeness (QED) is 0.563. The molecule has 0 aromatic carbocycles. The van der Waals surface area contributed by atoms with E-state index < -0.39 is 0 Å². The topological polar surface area (TPSA) is 50.4 Å². The first-order valence-electron chi connectivity index (χ1n) is 7.04. The summed E-state index contributed by atoms with van der Waals surface area (Å²) in [5.74, 6) is 0.519. The van der Waals surface area contributed by atoms with Crippen LogP contribution in [0.3, 0.4) is 0 Å². The lowest BCUT2D eigenvalue weighted by Gasteiger charge is -2.48. The molecule has 0 amide bonds. The molecule has 0 spiro atoms. The predicted octanol–water partition coefficient (Wildman–Crippen LogP) is 3.54. The molecule has 0 aliphatic carbocycles. The molecule has 3 nitrogen and oxygen atoms in total. The zero-order valence-corrected chi connectivity index (χ0v) is 13.6. The van der Waals surface area contributed by atoms with Gasteiger partial charge in [0.25, 0.3) is 0 Å². The molecule has 0 rings (SSSR count). The van der Waals surface area contributed by atoms with E-state index in [0.29, 0.717) is 11.4 Å². The maximum atomic E-state index is 5.79. The van der Waals surface area contributed by atoms with E-state index >= 15 is 0 Å². The van der Waals surface area contributed by atoms with Crippen LogP contribution in [-0.4, -0.2) is 18.5 Å². The van der Waals surface area contributed by atoms with E-state index in [1.54, 1.807) is 7.05 Å². The molecule has 0 atom stereocenters. The molecule has 0 aromatic rings. The van der Waals surface area contributed by atoms with Gasteiger partial charge in [-0.15, -0.1) is 0 Å². The Morgan fingerprint density at radius 3 is 1.83 bits per heavy atom.